The summed E-state index contributed by atoms with van der Waals surface area (Å²) in [4.78, 5) is 11.1. The largest absolute Gasteiger partial charge is 0.478 e. The van der Waals surface area contributed by atoms with E-state index in [1.54, 1.807) is 43.5 Å². The second kappa shape index (κ2) is 4.29. The lowest BCUT2D eigenvalue weighted by Gasteiger charge is -2.13. The average Bonchev–Trinajstić information content (AvgIpc) is 2.56. The number of hydrogen-bond acceptors (Lipinski definition) is 1. The van der Waals surface area contributed by atoms with E-state index >= 15 is 0 Å². The van der Waals surface area contributed by atoms with Crippen LogP contribution in [0.25, 0.3) is 5.69 Å². The fourth-order valence-corrected chi connectivity index (χ4v) is 2.23. The number of aryl methyl sites for hydroxylation is 2. The van der Waals surface area contributed by atoms with Gasteiger partial charge in [0.25, 0.3) is 0 Å². The number of para-hydroxylation sites is 1. The van der Waals surface area contributed by atoms with E-state index in [4.69, 9.17) is 5.11 Å². The van der Waals surface area contributed by atoms with Crippen LogP contribution in [-0.4, -0.2) is 15.6 Å². The molecule has 1 N–H and O–H groups in total. The number of halogens is 1. The Bertz CT molecular complexity index is 609. The van der Waals surface area contributed by atoms with Crippen LogP contribution in [0.4, 0.5) is 4.39 Å². The SMILES string of the molecule is Cc1cccc(F)c1-n1c(C)cc(C(=O)O)c1C. The lowest BCUT2D eigenvalue weighted by molar-refractivity contribution is 0.0696. The van der Waals surface area contributed by atoms with E-state index < -0.39 is 5.97 Å². The number of nitrogens with zero attached hydrogens (tertiary/aromatic N) is 1. The zero-order valence-corrected chi connectivity index (χ0v) is 10.5. The zero-order valence-electron chi connectivity index (χ0n) is 10.5. The summed E-state index contributed by atoms with van der Waals surface area (Å²) in [6, 6.07) is 6.38. The summed E-state index contributed by atoms with van der Waals surface area (Å²) >= 11 is 0. The van der Waals surface area contributed by atoms with Crippen molar-refractivity contribution in [2.24, 2.45) is 0 Å². The summed E-state index contributed by atoms with van der Waals surface area (Å²) in [5.74, 6) is -1.35. The Kier molecular flexibility index (Phi) is 2.95. The normalized spacial score (nSPS) is 10.7. The molecule has 0 radical (unpaired) electrons. The number of rotatable bonds is 2. The first-order valence-corrected chi connectivity index (χ1v) is 5.61. The van der Waals surface area contributed by atoms with E-state index in [-0.39, 0.29) is 11.4 Å². The molecule has 0 aliphatic rings. The molecule has 94 valence electrons. The van der Waals surface area contributed by atoms with Crippen LogP contribution in [0.15, 0.2) is 24.3 Å². The Hall–Kier alpha value is -2.10. The van der Waals surface area contributed by atoms with Crippen LogP contribution in [0.3, 0.4) is 0 Å². The monoisotopic (exact) mass is 247 g/mol. The van der Waals surface area contributed by atoms with Gasteiger partial charge in [0.05, 0.1) is 11.3 Å². The number of aromatic nitrogens is 1. The fourth-order valence-electron chi connectivity index (χ4n) is 2.23. The molecule has 1 heterocycles. The minimum atomic E-state index is -0.997. The molecule has 0 atom stereocenters. The fraction of sp³-hybridized carbons (Fsp3) is 0.214. The van der Waals surface area contributed by atoms with Gasteiger partial charge in [-0.2, -0.15) is 0 Å². The van der Waals surface area contributed by atoms with Gasteiger partial charge >= 0.3 is 5.97 Å². The number of hydrogen-bond donors (Lipinski definition) is 1. The van der Waals surface area contributed by atoms with E-state index in [0.717, 1.165) is 5.56 Å². The highest BCUT2D eigenvalue weighted by molar-refractivity contribution is 5.89. The molecule has 4 heteroatoms. The maximum Gasteiger partial charge on any atom is 0.337 e. The third-order valence-corrected chi connectivity index (χ3v) is 3.07. The Balaban J connectivity index is 2.76. The van der Waals surface area contributed by atoms with Crippen molar-refractivity contribution in [2.75, 3.05) is 0 Å². The van der Waals surface area contributed by atoms with Crippen molar-refractivity contribution < 1.29 is 14.3 Å². The van der Waals surface area contributed by atoms with Crippen LogP contribution in [-0.2, 0) is 0 Å². The average molecular weight is 247 g/mol. The van der Waals surface area contributed by atoms with Gasteiger partial charge in [-0.15, -0.1) is 0 Å². The molecule has 0 fully saturated rings. The van der Waals surface area contributed by atoms with Gasteiger partial charge in [-0.25, -0.2) is 9.18 Å². The van der Waals surface area contributed by atoms with Gasteiger partial charge in [-0.3, -0.25) is 0 Å². The van der Waals surface area contributed by atoms with Gasteiger partial charge in [0.15, 0.2) is 0 Å². The smallest absolute Gasteiger partial charge is 0.337 e. The second-order valence-corrected chi connectivity index (χ2v) is 4.33. The van der Waals surface area contributed by atoms with Crippen molar-refractivity contribution in [1.29, 1.82) is 0 Å². The molecule has 2 rings (SSSR count). The van der Waals surface area contributed by atoms with Crippen molar-refractivity contribution in [3.63, 3.8) is 0 Å². The van der Waals surface area contributed by atoms with Crippen LogP contribution in [0.1, 0.15) is 27.3 Å². The molecule has 1 aromatic heterocycles. The van der Waals surface area contributed by atoms with E-state index in [1.165, 1.54) is 6.07 Å². The molecular formula is C14H14FNO2. The molecule has 1 aromatic carbocycles. The summed E-state index contributed by atoms with van der Waals surface area (Å²) in [6.45, 7) is 5.26. The van der Waals surface area contributed by atoms with E-state index in [9.17, 15) is 9.18 Å². The van der Waals surface area contributed by atoms with Crippen LogP contribution < -0.4 is 0 Å². The van der Waals surface area contributed by atoms with Crippen molar-refractivity contribution in [1.82, 2.24) is 4.57 Å². The number of carbonyl (C=O) groups is 1. The standard InChI is InChI=1S/C14H14FNO2/c1-8-5-4-6-12(15)13(8)16-9(2)7-11(10(16)3)14(17)18/h4-7H,1-3H3,(H,17,18). The van der Waals surface area contributed by atoms with Gasteiger partial charge in [-0.1, -0.05) is 12.1 Å². The van der Waals surface area contributed by atoms with Gasteiger partial charge in [0, 0.05) is 11.4 Å². The van der Waals surface area contributed by atoms with Crippen LogP contribution in [0.5, 0.6) is 0 Å². The maximum atomic E-state index is 13.9. The first-order valence-electron chi connectivity index (χ1n) is 5.61. The number of aromatic carboxylic acids is 1. The third kappa shape index (κ3) is 1.79. The molecule has 0 aliphatic carbocycles. The Morgan fingerprint density at radius 1 is 1.28 bits per heavy atom. The van der Waals surface area contributed by atoms with Crippen molar-refractivity contribution in [2.45, 2.75) is 20.8 Å². The summed E-state index contributed by atoms with van der Waals surface area (Å²) in [7, 11) is 0. The van der Waals surface area contributed by atoms with E-state index in [1.807, 2.05) is 0 Å². The number of carboxylic acid groups (broad SMARTS) is 1. The molecule has 0 saturated carbocycles. The van der Waals surface area contributed by atoms with Gasteiger partial charge in [0.2, 0.25) is 0 Å². The molecule has 0 bridgehead atoms. The third-order valence-electron chi connectivity index (χ3n) is 3.07. The quantitative estimate of drug-likeness (QED) is 0.885. The molecule has 2 aromatic rings. The van der Waals surface area contributed by atoms with Gasteiger partial charge < -0.3 is 9.67 Å². The molecular weight excluding hydrogens is 233 g/mol. The highest BCUT2D eigenvalue weighted by Gasteiger charge is 2.18. The Morgan fingerprint density at radius 3 is 2.44 bits per heavy atom. The highest BCUT2D eigenvalue weighted by Crippen LogP contribution is 2.25. The summed E-state index contributed by atoms with van der Waals surface area (Å²) in [5, 5.41) is 9.08. The number of carboxylic acids is 1. The van der Waals surface area contributed by atoms with Crippen LogP contribution >= 0.6 is 0 Å². The van der Waals surface area contributed by atoms with Crippen molar-refractivity contribution >= 4 is 5.97 Å². The summed E-state index contributed by atoms with van der Waals surface area (Å²) < 4.78 is 15.6. The highest BCUT2D eigenvalue weighted by atomic mass is 19.1. The molecule has 0 saturated heterocycles. The first-order chi connectivity index (χ1) is 8.43. The van der Waals surface area contributed by atoms with E-state index in [0.29, 0.717) is 17.1 Å². The summed E-state index contributed by atoms with van der Waals surface area (Å²) in [5.41, 5.74) is 2.63. The Morgan fingerprint density at radius 2 is 1.94 bits per heavy atom. The minimum Gasteiger partial charge on any atom is -0.478 e. The summed E-state index contributed by atoms with van der Waals surface area (Å²) in [6.07, 6.45) is 0. The topological polar surface area (TPSA) is 42.2 Å². The molecule has 0 aliphatic heterocycles. The molecule has 18 heavy (non-hydrogen) atoms. The lowest BCUT2D eigenvalue weighted by Crippen LogP contribution is -2.06. The molecule has 0 amide bonds. The predicted octanol–water partition coefficient (Wildman–Crippen LogP) is 3.24. The maximum absolute atomic E-state index is 13.9. The molecule has 0 unspecified atom stereocenters. The Labute approximate surface area is 104 Å². The van der Waals surface area contributed by atoms with Crippen molar-refractivity contribution in [3.8, 4) is 5.69 Å². The molecule has 3 nitrogen and oxygen atoms in total. The van der Waals surface area contributed by atoms with Gasteiger partial charge in [0.1, 0.15) is 5.82 Å². The zero-order chi connectivity index (χ0) is 13.4. The predicted molar refractivity (Wildman–Crippen MR) is 66.9 cm³/mol. The van der Waals surface area contributed by atoms with Crippen LogP contribution in [0, 0.1) is 26.6 Å². The molecule has 0 spiro atoms. The van der Waals surface area contributed by atoms with Gasteiger partial charge in [-0.05, 0) is 38.5 Å². The lowest BCUT2D eigenvalue weighted by atomic mass is 10.2. The van der Waals surface area contributed by atoms with E-state index in [2.05, 4.69) is 0 Å². The number of benzene rings is 1. The van der Waals surface area contributed by atoms with Crippen LogP contribution in [0.2, 0.25) is 0 Å². The minimum absolute atomic E-state index is 0.204. The first kappa shape index (κ1) is 12.4. The second-order valence-electron chi connectivity index (χ2n) is 4.33. The van der Waals surface area contributed by atoms with Crippen molar-refractivity contribution in [3.05, 3.63) is 52.6 Å².